The molecule has 0 spiro atoms. The van der Waals surface area contributed by atoms with Crippen LogP contribution in [0.25, 0.3) is 10.6 Å². The SMILES string of the molecule is Cc1ccc(-c2nc(COC(=O)[C@@H](C)Oc3ccccc3)cs2)cc1. The summed E-state index contributed by atoms with van der Waals surface area (Å²) >= 11 is 1.54. The Labute approximate surface area is 151 Å². The van der Waals surface area contributed by atoms with E-state index in [0.29, 0.717) is 5.75 Å². The maximum atomic E-state index is 12.1. The summed E-state index contributed by atoms with van der Waals surface area (Å²) in [5.41, 5.74) is 3.01. The van der Waals surface area contributed by atoms with Crippen molar-refractivity contribution in [2.75, 3.05) is 0 Å². The number of nitrogens with zero attached hydrogens (tertiary/aromatic N) is 1. The summed E-state index contributed by atoms with van der Waals surface area (Å²) in [6.07, 6.45) is -0.669. The zero-order chi connectivity index (χ0) is 17.6. The van der Waals surface area contributed by atoms with Crippen molar-refractivity contribution in [1.29, 1.82) is 0 Å². The van der Waals surface area contributed by atoms with Gasteiger partial charge in [-0.15, -0.1) is 11.3 Å². The third-order valence-electron chi connectivity index (χ3n) is 3.60. The van der Waals surface area contributed by atoms with Gasteiger partial charge in [-0.25, -0.2) is 9.78 Å². The van der Waals surface area contributed by atoms with Gasteiger partial charge in [-0.1, -0.05) is 48.0 Å². The van der Waals surface area contributed by atoms with Crippen LogP contribution in [-0.2, 0) is 16.1 Å². The van der Waals surface area contributed by atoms with E-state index in [0.717, 1.165) is 16.3 Å². The van der Waals surface area contributed by atoms with E-state index in [2.05, 4.69) is 24.0 Å². The maximum Gasteiger partial charge on any atom is 0.347 e. The number of hydrogen-bond acceptors (Lipinski definition) is 5. The number of para-hydroxylation sites is 1. The molecule has 1 heterocycles. The molecule has 0 saturated carbocycles. The summed E-state index contributed by atoms with van der Waals surface area (Å²) in [7, 11) is 0. The Morgan fingerprint density at radius 1 is 1.12 bits per heavy atom. The number of ether oxygens (including phenoxy) is 2. The molecule has 0 fully saturated rings. The van der Waals surface area contributed by atoms with Crippen LogP contribution in [-0.4, -0.2) is 17.1 Å². The molecule has 0 bridgehead atoms. The largest absolute Gasteiger partial charge is 0.479 e. The van der Waals surface area contributed by atoms with Crippen LogP contribution < -0.4 is 4.74 Å². The summed E-state index contributed by atoms with van der Waals surface area (Å²) in [5.74, 6) is 0.232. The zero-order valence-corrected chi connectivity index (χ0v) is 15.0. The molecule has 0 unspecified atom stereocenters. The quantitative estimate of drug-likeness (QED) is 0.606. The van der Waals surface area contributed by atoms with E-state index in [1.165, 1.54) is 16.9 Å². The average Bonchev–Trinajstić information content (AvgIpc) is 3.10. The van der Waals surface area contributed by atoms with E-state index < -0.39 is 12.1 Å². The molecule has 5 heteroatoms. The average molecular weight is 353 g/mol. The van der Waals surface area contributed by atoms with Gasteiger partial charge in [0.2, 0.25) is 0 Å². The van der Waals surface area contributed by atoms with Crippen LogP contribution in [0.3, 0.4) is 0 Å². The van der Waals surface area contributed by atoms with Crippen molar-refractivity contribution >= 4 is 17.3 Å². The van der Waals surface area contributed by atoms with Crippen molar-refractivity contribution in [3.8, 4) is 16.3 Å². The third kappa shape index (κ3) is 4.67. The first-order valence-electron chi connectivity index (χ1n) is 8.01. The standard InChI is InChI=1S/C20H19NO3S/c1-14-8-10-16(11-9-14)19-21-17(13-25-19)12-23-20(22)15(2)24-18-6-4-3-5-7-18/h3-11,13,15H,12H2,1-2H3/t15-/m1/s1. The van der Waals surface area contributed by atoms with E-state index in [1.807, 2.05) is 35.7 Å². The van der Waals surface area contributed by atoms with Crippen LogP contribution >= 0.6 is 11.3 Å². The minimum absolute atomic E-state index is 0.143. The van der Waals surface area contributed by atoms with Gasteiger partial charge < -0.3 is 9.47 Å². The predicted molar refractivity (Wildman–Crippen MR) is 98.6 cm³/mol. The molecule has 128 valence electrons. The van der Waals surface area contributed by atoms with Gasteiger partial charge >= 0.3 is 5.97 Å². The predicted octanol–water partition coefficient (Wildman–Crippen LogP) is 4.63. The molecule has 0 amide bonds. The Morgan fingerprint density at radius 3 is 2.56 bits per heavy atom. The second-order valence-electron chi connectivity index (χ2n) is 5.69. The van der Waals surface area contributed by atoms with E-state index >= 15 is 0 Å². The van der Waals surface area contributed by atoms with Crippen LogP contribution in [0.4, 0.5) is 0 Å². The van der Waals surface area contributed by atoms with E-state index in [1.54, 1.807) is 19.1 Å². The number of benzene rings is 2. The Morgan fingerprint density at radius 2 is 1.84 bits per heavy atom. The van der Waals surface area contributed by atoms with Crippen molar-refractivity contribution < 1.29 is 14.3 Å². The van der Waals surface area contributed by atoms with Gasteiger partial charge in [0.1, 0.15) is 17.4 Å². The Hall–Kier alpha value is -2.66. The first-order chi connectivity index (χ1) is 12.1. The minimum Gasteiger partial charge on any atom is -0.479 e. The topological polar surface area (TPSA) is 48.4 Å². The molecule has 0 saturated heterocycles. The number of aryl methyl sites for hydroxylation is 1. The number of thiazole rings is 1. The third-order valence-corrected chi connectivity index (χ3v) is 4.54. The molecule has 1 atom stereocenters. The molecule has 0 N–H and O–H groups in total. The maximum absolute atomic E-state index is 12.1. The highest BCUT2D eigenvalue weighted by Gasteiger charge is 2.17. The number of rotatable bonds is 6. The summed E-state index contributed by atoms with van der Waals surface area (Å²) in [6.45, 7) is 3.87. The van der Waals surface area contributed by atoms with Crippen LogP contribution in [0.1, 0.15) is 18.2 Å². The molecule has 1 aromatic heterocycles. The smallest absolute Gasteiger partial charge is 0.347 e. The van der Waals surface area contributed by atoms with Crippen molar-refractivity contribution in [3.05, 3.63) is 71.2 Å². The fourth-order valence-electron chi connectivity index (χ4n) is 2.22. The number of aromatic nitrogens is 1. The van der Waals surface area contributed by atoms with Gasteiger partial charge in [-0.05, 0) is 26.0 Å². The van der Waals surface area contributed by atoms with Gasteiger partial charge in [0.25, 0.3) is 0 Å². The number of carbonyl (C=O) groups is 1. The van der Waals surface area contributed by atoms with Crippen molar-refractivity contribution in [1.82, 2.24) is 4.98 Å². The van der Waals surface area contributed by atoms with Crippen LogP contribution in [0.15, 0.2) is 60.0 Å². The molecule has 0 radical (unpaired) electrons. The molecular formula is C20H19NO3S. The van der Waals surface area contributed by atoms with Crippen molar-refractivity contribution in [2.24, 2.45) is 0 Å². The van der Waals surface area contributed by atoms with Crippen molar-refractivity contribution in [2.45, 2.75) is 26.6 Å². The highest BCUT2D eigenvalue weighted by Crippen LogP contribution is 2.24. The fourth-order valence-corrected chi connectivity index (χ4v) is 3.03. The van der Waals surface area contributed by atoms with Gasteiger partial charge in [0.05, 0.1) is 5.69 Å². The summed E-state index contributed by atoms with van der Waals surface area (Å²) in [5, 5.41) is 2.82. The first kappa shape index (κ1) is 17.2. The summed E-state index contributed by atoms with van der Waals surface area (Å²) in [4.78, 5) is 16.6. The fraction of sp³-hybridized carbons (Fsp3) is 0.200. The van der Waals surface area contributed by atoms with Crippen molar-refractivity contribution in [3.63, 3.8) is 0 Å². The molecule has 0 aliphatic carbocycles. The molecule has 4 nitrogen and oxygen atoms in total. The lowest BCUT2D eigenvalue weighted by Crippen LogP contribution is -2.26. The van der Waals surface area contributed by atoms with Gasteiger partial charge in [0, 0.05) is 10.9 Å². The summed E-state index contributed by atoms with van der Waals surface area (Å²) < 4.78 is 10.9. The van der Waals surface area contributed by atoms with Gasteiger partial charge in [0.15, 0.2) is 6.10 Å². The second-order valence-corrected chi connectivity index (χ2v) is 6.55. The zero-order valence-electron chi connectivity index (χ0n) is 14.1. The number of carbonyl (C=O) groups excluding carboxylic acids is 1. The normalized spacial score (nSPS) is 11.8. The molecule has 3 rings (SSSR count). The van der Waals surface area contributed by atoms with E-state index in [9.17, 15) is 4.79 Å². The highest BCUT2D eigenvalue weighted by atomic mass is 32.1. The molecule has 25 heavy (non-hydrogen) atoms. The summed E-state index contributed by atoms with van der Waals surface area (Å²) in [6, 6.07) is 17.4. The van der Waals surface area contributed by atoms with Crippen LogP contribution in [0, 0.1) is 6.92 Å². The monoisotopic (exact) mass is 353 g/mol. The second kappa shape index (κ2) is 7.94. The Balaban J connectivity index is 1.54. The Kier molecular flexibility index (Phi) is 5.46. The van der Waals surface area contributed by atoms with Gasteiger partial charge in [-0.2, -0.15) is 0 Å². The lowest BCUT2D eigenvalue weighted by atomic mass is 10.2. The van der Waals surface area contributed by atoms with E-state index in [-0.39, 0.29) is 6.61 Å². The molecule has 3 aromatic rings. The van der Waals surface area contributed by atoms with Crippen LogP contribution in [0.5, 0.6) is 5.75 Å². The van der Waals surface area contributed by atoms with Crippen LogP contribution in [0.2, 0.25) is 0 Å². The minimum atomic E-state index is -0.669. The first-order valence-corrected chi connectivity index (χ1v) is 8.89. The Bertz CT molecular complexity index is 828. The van der Waals surface area contributed by atoms with E-state index in [4.69, 9.17) is 9.47 Å². The molecule has 2 aromatic carbocycles. The molecule has 0 aliphatic rings. The molecular weight excluding hydrogens is 334 g/mol. The van der Waals surface area contributed by atoms with Gasteiger partial charge in [-0.3, -0.25) is 0 Å². The highest BCUT2D eigenvalue weighted by molar-refractivity contribution is 7.13. The number of esters is 1. The molecule has 0 aliphatic heterocycles. The number of hydrogen-bond donors (Lipinski definition) is 0. The lowest BCUT2D eigenvalue weighted by molar-refractivity contribution is -0.152. The lowest BCUT2D eigenvalue weighted by Gasteiger charge is -2.13.